The van der Waals surface area contributed by atoms with Gasteiger partial charge < -0.3 is 0 Å². The van der Waals surface area contributed by atoms with Crippen molar-refractivity contribution in [1.29, 1.82) is 0 Å². The molecule has 0 heterocycles. The van der Waals surface area contributed by atoms with Crippen LogP contribution in [0.2, 0.25) is 0 Å². The first-order chi connectivity index (χ1) is 6.76. The standard InChI is InChI=1S/C13H19Cl/c1-3-11-6-5-7-12(10-11)8-9-13(14)4-2/h5-7,10,13H,3-4,8-9H2,1-2H3. The smallest absolute Gasteiger partial charge is 0.0336 e. The molecule has 0 aliphatic carbocycles. The van der Waals surface area contributed by atoms with Crippen molar-refractivity contribution in [2.75, 3.05) is 0 Å². The van der Waals surface area contributed by atoms with Gasteiger partial charge in [0.2, 0.25) is 0 Å². The first kappa shape index (κ1) is 11.6. The molecular formula is C13H19Cl. The average Bonchev–Trinajstić information content (AvgIpc) is 2.26. The minimum absolute atomic E-state index is 0.334. The summed E-state index contributed by atoms with van der Waals surface area (Å²) in [7, 11) is 0. The molecular weight excluding hydrogens is 192 g/mol. The lowest BCUT2D eigenvalue weighted by atomic mass is 10.0. The molecule has 0 aliphatic rings. The fourth-order valence-electron chi connectivity index (χ4n) is 1.53. The lowest BCUT2D eigenvalue weighted by molar-refractivity contribution is 0.726. The Hall–Kier alpha value is -0.490. The van der Waals surface area contributed by atoms with Crippen molar-refractivity contribution in [2.45, 2.75) is 44.9 Å². The van der Waals surface area contributed by atoms with Crippen LogP contribution in [0.15, 0.2) is 24.3 Å². The molecule has 78 valence electrons. The lowest BCUT2D eigenvalue weighted by Crippen LogP contribution is -1.98. The number of hydrogen-bond acceptors (Lipinski definition) is 0. The van der Waals surface area contributed by atoms with Crippen molar-refractivity contribution in [3.63, 3.8) is 0 Å². The molecule has 0 radical (unpaired) electrons. The predicted molar refractivity (Wildman–Crippen MR) is 64.1 cm³/mol. The van der Waals surface area contributed by atoms with E-state index in [9.17, 15) is 0 Å². The third-order valence-corrected chi connectivity index (χ3v) is 3.12. The molecule has 14 heavy (non-hydrogen) atoms. The molecule has 1 aromatic rings. The third-order valence-electron chi connectivity index (χ3n) is 2.59. The topological polar surface area (TPSA) is 0 Å². The highest BCUT2D eigenvalue weighted by Crippen LogP contribution is 2.13. The van der Waals surface area contributed by atoms with Gasteiger partial charge in [-0.25, -0.2) is 0 Å². The van der Waals surface area contributed by atoms with E-state index in [1.165, 1.54) is 11.1 Å². The Morgan fingerprint density at radius 1 is 1.21 bits per heavy atom. The van der Waals surface area contributed by atoms with Gasteiger partial charge in [0.15, 0.2) is 0 Å². The number of aryl methyl sites for hydroxylation is 2. The first-order valence-corrected chi connectivity index (χ1v) is 5.91. The molecule has 0 spiro atoms. The number of alkyl halides is 1. The summed E-state index contributed by atoms with van der Waals surface area (Å²) in [6, 6.07) is 8.81. The zero-order valence-corrected chi connectivity index (χ0v) is 9.85. The first-order valence-electron chi connectivity index (χ1n) is 5.48. The molecule has 0 bridgehead atoms. The maximum Gasteiger partial charge on any atom is 0.0336 e. The van der Waals surface area contributed by atoms with E-state index in [2.05, 4.69) is 38.1 Å². The van der Waals surface area contributed by atoms with Crippen molar-refractivity contribution in [1.82, 2.24) is 0 Å². The molecule has 0 saturated carbocycles. The summed E-state index contributed by atoms with van der Waals surface area (Å²) in [5, 5.41) is 0.334. The molecule has 1 rings (SSSR count). The van der Waals surface area contributed by atoms with E-state index in [0.717, 1.165) is 25.7 Å². The van der Waals surface area contributed by atoms with E-state index >= 15 is 0 Å². The Morgan fingerprint density at radius 3 is 2.57 bits per heavy atom. The van der Waals surface area contributed by atoms with Crippen LogP contribution in [0, 0.1) is 0 Å². The van der Waals surface area contributed by atoms with Gasteiger partial charge in [-0.2, -0.15) is 0 Å². The van der Waals surface area contributed by atoms with E-state index in [1.54, 1.807) is 0 Å². The van der Waals surface area contributed by atoms with E-state index in [1.807, 2.05) is 0 Å². The molecule has 0 fully saturated rings. The largest absolute Gasteiger partial charge is 0.123 e. The molecule has 0 N–H and O–H groups in total. The summed E-state index contributed by atoms with van der Waals surface area (Å²) in [5.74, 6) is 0. The Morgan fingerprint density at radius 2 is 1.93 bits per heavy atom. The van der Waals surface area contributed by atoms with Crippen LogP contribution < -0.4 is 0 Å². The van der Waals surface area contributed by atoms with E-state index in [4.69, 9.17) is 11.6 Å². The van der Waals surface area contributed by atoms with Crippen LogP contribution in [0.4, 0.5) is 0 Å². The minimum Gasteiger partial charge on any atom is -0.123 e. The summed E-state index contributed by atoms with van der Waals surface area (Å²) >= 11 is 6.09. The molecule has 1 aromatic carbocycles. The van der Waals surface area contributed by atoms with Crippen molar-refractivity contribution < 1.29 is 0 Å². The molecule has 0 amide bonds. The zero-order valence-electron chi connectivity index (χ0n) is 9.09. The number of hydrogen-bond donors (Lipinski definition) is 0. The average molecular weight is 211 g/mol. The van der Waals surface area contributed by atoms with Gasteiger partial charge in [0.25, 0.3) is 0 Å². The second kappa shape index (κ2) is 6.08. The second-order valence-corrected chi connectivity index (χ2v) is 4.33. The fraction of sp³-hybridized carbons (Fsp3) is 0.538. The molecule has 1 unspecified atom stereocenters. The van der Waals surface area contributed by atoms with Crippen LogP contribution >= 0.6 is 11.6 Å². The van der Waals surface area contributed by atoms with Gasteiger partial charge in [0, 0.05) is 5.38 Å². The third kappa shape index (κ3) is 3.71. The van der Waals surface area contributed by atoms with E-state index in [-0.39, 0.29) is 0 Å². The molecule has 1 heteroatoms. The number of halogens is 1. The quantitative estimate of drug-likeness (QED) is 0.639. The van der Waals surface area contributed by atoms with Gasteiger partial charge in [0.1, 0.15) is 0 Å². The van der Waals surface area contributed by atoms with Crippen LogP contribution in [0.5, 0.6) is 0 Å². The number of benzene rings is 1. The summed E-state index contributed by atoms with van der Waals surface area (Å²) in [4.78, 5) is 0. The Balaban J connectivity index is 2.50. The van der Waals surface area contributed by atoms with E-state index in [0.29, 0.717) is 5.38 Å². The zero-order chi connectivity index (χ0) is 10.4. The summed E-state index contributed by atoms with van der Waals surface area (Å²) in [6.07, 6.45) is 4.38. The van der Waals surface area contributed by atoms with Crippen LogP contribution in [-0.2, 0) is 12.8 Å². The molecule has 0 aliphatic heterocycles. The monoisotopic (exact) mass is 210 g/mol. The number of rotatable bonds is 5. The molecule has 1 atom stereocenters. The van der Waals surface area contributed by atoms with Gasteiger partial charge in [-0.05, 0) is 36.8 Å². The van der Waals surface area contributed by atoms with Crippen LogP contribution in [0.25, 0.3) is 0 Å². The van der Waals surface area contributed by atoms with Crippen molar-refractivity contribution in [3.05, 3.63) is 35.4 Å². The van der Waals surface area contributed by atoms with Gasteiger partial charge in [-0.15, -0.1) is 11.6 Å². The maximum atomic E-state index is 6.09. The fourth-order valence-corrected chi connectivity index (χ4v) is 1.64. The Bertz CT molecular complexity index is 268. The Kier molecular flexibility index (Phi) is 5.03. The molecule has 0 nitrogen and oxygen atoms in total. The second-order valence-electron chi connectivity index (χ2n) is 3.72. The van der Waals surface area contributed by atoms with Crippen molar-refractivity contribution in [2.24, 2.45) is 0 Å². The highest BCUT2D eigenvalue weighted by molar-refractivity contribution is 6.20. The SMILES string of the molecule is CCc1cccc(CCC(Cl)CC)c1. The lowest BCUT2D eigenvalue weighted by Gasteiger charge is -2.07. The maximum absolute atomic E-state index is 6.09. The van der Waals surface area contributed by atoms with Crippen molar-refractivity contribution >= 4 is 11.6 Å². The van der Waals surface area contributed by atoms with E-state index < -0.39 is 0 Å². The van der Waals surface area contributed by atoms with Gasteiger partial charge in [0.05, 0.1) is 0 Å². The van der Waals surface area contributed by atoms with Crippen molar-refractivity contribution in [3.8, 4) is 0 Å². The molecule has 0 saturated heterocycles. The highest BCUT2D eigenvalue weighted by Gasteiger charge is 2.02. The van der Waals surface area contributed by atoms with Gasteiger partial charge in [-0.1, -0.05) is 38.1 Å². The van der Waals surface area contributed by atoms with Crippen LogP contribution in [-0.4, -0.2) is 5.38 Å². The Labute approximate surface area is 92.3 Å². The normalized spacial score (nSPS) is 12.8. The van der Waals surface area contributed by atoms with Crippen LogP contribution in [0.3, 0.4) is 0 Å². The summed E-state index contributed by atoms with van der Waals surface area (Å²) in [5.41, 5.74) is 2.84. The molecule has 0 aromatic heterocycles. The van der Waals surface area contributed by atoms with Crippen LogP contribution in [0.1, 0.15) is 37.8 Å². The minimum atomic E-state index is 0.334. The summed E-state index contributed by atoms with van der Waals surface area (Å²) in [6.45, 7) is 4.33. The highest BCUT2D eigenvalue weighted by atomic mass is 35.5. The summed E-state index contributed by atoms with van der Waals surface area (Å²) < 4.78 is 0. The van der Waals surface area contributed by atoms with Gasteiger partial charge in [-0.3, -0.25) is 0 Å². The van der Waals surface area contributed by atoms with Gasteiger partial charge >= 0.3 is 0 Å². The predicted octanol–water partition coefficient (Wildman–Crippen LogP) is 4.20.